The fraction of sp³-hybridized carbons (Fsp3) is 0.481. The number of benzene rings is 2. The molecule has 3 saturated heterocycles. The number of fused-ring (bicyclic) bond motifs is 3. The number of ether oxygens (including phenoxy) is 2. The topological polar surface area (TPSA) is 41.9 Å². The molecule has 0 spiro atoms. The predicted octanol–water partition coefficient (Wildman–Crippen LogP) is 4.08. The molecule has 1 N–H and O–H groups in total. The molecule has 3 heterocycles. The van der Waals surface area contributed by atoms with Crippen molar-refractivity contribution in [1.82, 2.24) is 4.90 Å². The lowest BCUT2D eigenvalue weighted by Gasteiger charge is -2.47. The minimum atomic E-state index is -0.876. The van der Waals surface area contributed by atoms with Crippen LogP contribution in [0.1, 0.15) is 43.4 Å². The Balaban J connectivity index is 1.46. The summed E-state index contributed by atoms with van der Waals surface area (Å²) < 4.78 is 11.9. The van der Waals surface area contributed by atoms with Crippen LogP contribution in [0.25, 0.3) is 0 Å². The fourth-order valence-electron chi connectivity index (χ4n) is 4.72. The summed E-state index contributed by atoms with van der Waals surface area (Å²) in [7, 11) is 0. The molecule has 5 rings (SSSR count). The second-order valence-electron chi connectivity index (χ2n) is 8.57. The lowest BCUT2D eigenvalue weighted by Crippen LogP contribution is -2.58. The van der Waals surface area contributed by atoms with Gasteiger partial charge in [0.2, 0.25) is 0 Å². The molecule has 164 valence electrons. The minimum Gasteiger partial charge on any atom is -0.490 e. The summed E-state index contributed by atoms with van der Waals surface area (Å²) in [5.41, 5.74) is 2.40. The Bertz CT molecular complexity index is 913. The van der Waals surface area contributed by atoms with Crippen LogP contribution >= 0.6 is 0 Å². The van der Waals surface area contributed by atoms with Crippen LogP contribution in [0.4, 0.5) is 0 Å². The summed E-state index contributed by atoms with van der Waals surface area (Å²) in [6.07, 6.45) is 3.84. The van der Waals surface area contributed by atoms with Crippen LogP contribution < -0.4 is 9.47 Å². The van der Waals surface area contributed by atoms with Crippen LogP contribution in [0.2, 0.25) is 0 Å². The molecule has 1 unspecified atom stereocenters. The van der Waals surface area contributed by atoms with E-state index in [9.17, 15) is 5.11 Å². The van der Waals surface area contributed by atoms with E-state index in [4.69, 9.17) is 9.47 Å². The zero-order valence-electron chi connectivity index (χ0n) is 18.7. The molecular formula is C27H33NO3. The smallest absolute Gasteiger partial charge is 0.141 e. The molecule has 2 bridgehead atoms. The first-order valence-corrected chi connectivity index (χ1v) is 11.6. The first-order chi connectivity index (χ1) is 15.1. The number of aliphatic hydroxyl groups is 1. The first kappa shape index (κ1) is 21.7. The molecule has 0 aromatic heterocycles. The van der Waals surface area contributed by atoms with Gasteiger partial charge in [-0.2, -0.15) is 0 Å². The van der Waals surface area contributed by atoms with Crippen molar-refractivity contribution in [2.24, 2.45) is 5.92 Å². The van der Waals surface area contributed by atoms with Crippen LogP contribution in [-0.2, 0) is 12.8 Å². The second-order valence-corrected chi connectivity index (χ2v) is 8.57. The van der Waals surface area contributed by atoms with Crippen molar-refractivity contribution in [3.05, 3.63) is 59.2 Å². The number of rotatable bonds is 7. The van der Waals surface area contributed by atoms with Gasteiger partial charge in [-0.3, -0.25) is 4.90 Å². The molecular weight excluding hydrogens is 386 g/mol. The van der Waals surface area contributed by atoms with Crippen molar-refractivity contribution in [3.8, 4) is 23.3 Å². The van der Waals surface area contributed by atoms with Gasteiger partial charge < -0.3 is 14.6 Å². The third-order valence-electron chi connectivity index (χ3n) is 6.50. The normalized spacial score (nSPS) is 24.4. The highest BCUT2D eigenvalue weighted by atomic mass is 16.5. The molecule has 0 amide bonds. The van der Waals surface area contributed by atoms with Crippen LogP contribution in [0, 0.1) is 17.8 Å². The first-order valence-electron chi connectivity index (χ1n) is 11.6. The number of piperidine rings is 3. The Morgan fingerprint density at radius 1 is 1.00 bits per heavy atom. The third-order valence-corrected chi connectivity index (χ3v) is 6.50. The van der Waals surface area contributed by atoms with Crippen LogP contribution in [0.15, 0.2) is 42.5 Å². The van der Waals surface area contributed by atoms with Crippen LogP contribution in [-0.4, -0.2) is 48.5 Å². The van der Waals surface area contributed by atoms with Gasteiger partial charge in [0, 0.05) is 18.0 Å². The SMILES string of the molecule is CCc1cc(C#CC2(O)CN3CCC2CC3)cc(CC)c1OCCOc1ccccc1. The van der Waals surface area contributed by atoms with E-state index in [1.165, 1.54) is 0 Å². The van der Waals surface area contributed by atoms with Gasteiger partial charge >= 0.3 is 0 Å². The molecule has 3 aliphatic heterocycles. The molecule has 0 aliphatic carbocycles. The number of hydrogen-bond donors (Lipinski definition) is 1. The van der Waals surface area contributed by atoms with Crippen molar-refractivity contribution < 1.29 is 14.6 Å². The molecule has 3 aliphatic rings. The van der Waals surface area contributed by atoms with Gasteiger partial charge in [0.05, 0.1) is 0 Å². The molecule has 2 aromatic carbocycles. The van der Waals surface area contributed by atoms with E-state index in [-0.39, 0.29) is 0 Å². The van der Waals surface area contributed by atoms with Gasteiger partial charge in [-0.05, 0) is 74.2 Å². The Morgan fingerprint density at radius 2 is 1.65 bits per heavy atom. The largest absolute Gasteiger partial charge is 0.490 e. The minimum absolute atomic E-state index is 0.300. The Hall–Kier alpha value is -2.48. The van der Waals surface area contributed by atoms with Crippen molar-refractivity contribution in [1.29, 1.82) is 0 Å². The van der Waals surface area contributed by atoms with E-state index < -0.39 is 5.60 Å². The van der Waals surface area contributed by atoms with E-state index in [2.05, 4.69) is 42.7 Å². The number of para-hydroxylation sites is 1. The van der Waals surface area contributed by atoms with Gasteiger partial charge in [-0.1, -0.05) is 43.9 Å². The highest BCUT2D eigenvalue weighted by Crippen LogP contribution is 2.35. The summed E-state index contributed by atoms with van der Waals surface area (Å²) in [5, 5.41) is 11.1. The summed E-state index contributed by atoms with van der Waals surface area (Å²) >= 11 is 0. The van der Waals surface area contributed by atoms with E-state index in [0.717, 1.165) is 67.0 Å². The van der Waals surface area contributed by atoms with Gasteiger partial charge in [-0.25, -0.2) is 0 Å². The van der Waals surface area contributed by atoms with Crippen LogP contribution in [0.3, 0.4) is 0 Å². The van der Waals surface area contributed by atoms with Gasteiger partial charge in [-0.15, -0.1) is 0 Å². The lowest BCUT2D eigenvalue weighted by atomic mass is 9.75. The van der Waals surface area contributed by atoms with Crippen LogP contribution in [0.5, 0.6) is 11.5 Å². The standard InChI is InChI=1S/C27H33NO3/c1-3-22-18-21(10-13-27(29)20-28-14-11-24(27)12-15-28)19-23(4-2)26(22)31-17-16-30-25-8-6-5-7-9-25/h5-9,18-19,24,29H,3-4,11-12,14-17,20H2,1-2H3. The molecule has 0 radical (unpaired) electrons. The van der Waals surface area contributed by atoms with Gasteiger partial charge in [0.1, 0.15) is 30.3 Å². The fourth-order valence-corrected chi connectivity index (χ4v) is 4.72. The second kappa shape index (κ2) is 9.77. The third kappa shape index (κ3) is 5.06. The zero-order chi connectivity index (χ0) is 21.7. The van der Waals surface area contributed by atoms with E-state index in [1.54, 1.807) is 0 Å². The van der Waals surface area contributed by atoms with Crippen molar-refractivity contribution in [2.75, 3.05) is 32.8 Å². The summed E-state index contributed by atoms with van der Waals surface area (Å²) in [5.74, 6) is 8.65. The quantitative estimate of drug-likeness (QED) is 0.543. The lowest BCUT2D eigenvalue weighted by molar-refractivity contribution is -0.0713. The molecule has 3 fully saturated rings. The van der Waals surface area contributed by atoms with Crippen molar-refractivity contribution in [2.45, 2.75) is 45.1 Å². The molecule has 1 atom stereocenters. The number of hydrogen-bond acceptors (Lipinski definition) is 4. The molecule has 4 heteroatoms. The maximum atomic E-state index is 11.1. The molecule has 0 saturated carbocycles. The van der Waals surface area contributed by atoms with E-state index >= 15 is 0 Å². The summed E-state index contributed by atoms with van der Waals surface area (Å²) in [6.45, 7) is 8.14. The Kier molecular flexibility index (Phi) is 6.85. The van der Waals surface area contributed by atoms with Gasteiger partial charge in [0.15, 0.2) is 0 Å². The highest BCUT2D eigenvalue weighted by molar-refractivity contribution is 5.50. The average molecular weight is 420 g/mol. The van der Waals surface area contributed by atoms with E-state index in [1.807, 2.05) is 30.3 Å². The molecule has 4 nitrogen and oxygen atoms in total. The average Bonchev–Trinajstić information content (AvgIpc) is 2.81. The number of nitrogens with zero attached hydrogens (tertiary/aromatic N) is 1. The van der Waals surface area contributed by atoms with Gasteiger partial charge in [0.25, 0.3) is 0 Å². The van der Waals surface area contributed by atoms with Crippen molar-refractivity contribution >= 4 is 0 Å². The van der Waals surface area contributed by atoms with Crippen molar-refractivity contribution in [3.63, 3.8) is 0 Å². The predicted molar refractivity (Wildman–Crippen MR) is 124 cm³/mol. The summed E-state index contributed by atoms with van der Waals surface area (Å²) in [4.78, 5) is 2.33. The Morgan fingerprint density at radius 3 is 2.23 bits per heavy atom. The summed E-state index contributed by atoms with van der Waals surface area (Å²) in [6, 6.07) is 14.0. The highest BCUT2D eigenvalue weighted by Gasteiger charge is 2.44. The maximum absolute atomic E-state index is 11.1. The Labute approximate surface area is 186 Å². The molecule has 31 heavy (non-hydrogen) atoms. The number of aryl methyl sites for hydroxylation is 2. The maximum Gasteiger partial charge on any atom is 0.141 e. The van der Waals surface area contributed by atoms with E-state index in [0.29, 0.717) is 25.7 Å². The molecule has 2 aromatic rings. The monoisotopic (exact) mass is 419 g/mol. The zero-order valence-corrected chi connectivity index (χ0v) is 18.7.